The standard InChI is InChI=1S/C19H15N3OS/c1-12-5-4-6-14(9-12)21-19-22-18(23)17(24-19)10-13-11-20-16-8-3-2-7-15(13)16/h2-11,23H,1H3,(H,21,22)/b13-10+. The van der Waals surface area contributed by atoms with Gasteiger partial charge in [0.1, 0.15) is 0 Å². The smallest absolute Gasteiger partial charge is 0.231 e. The van der Waals surface area contributed by atoms with Crippen LogP contribution in [0.15, 0.2) is 53.5 Å². The summed E-state index contributed by atoms with van der Waals surface area (Å²) in [6, 6.07) is 16.0. The number of aromatic nitrogens is 1. The van der Waals surface area contributed by atoms with Gasteiger partial charge in [-0.1, -0.05) is 41.7 Å². The zero-order valence-corrected chi connectivity index (χ0v) is 13.8. The number of nitrogens with one attached hydrogen (secondary N) is 1. The van der Waals surface area contributed by atoms with Crippen LogP contribution in [0.5, 0.6) is 5.88 Å². The Kier molecular flexibility index (Phi) is 3.63. The maximum atomic E-state index is 10.1. The lowest BCUT2D eigenvalue weighted by molar-refractivity contribution is 0.457. The second-order valence-electron chi connectivity index (χ2n) is 5.58. The zero-order chi connectivity index (χ0) is 16.5. The average Bonchev–Trinajstić information content (AvgIpc) is 3.12. The molecule has 1 aliphatic rings. The van der Waals surface area contributed by atoms with Crippen LogP contribution in [0.4, 0.5) is 16.5 Å². The molecule has 4 rings (SSSR count). The summed E-state index contributed by atoms with van der Waals surface area (Å²) in [5.74, 6) is 0.0282. The SMILES string of the molecule is Cc1cccc(Nc2nc(O)c(/C=C3\C=Nc4ccccc43)s2)c1. The van der Waals surface area contributed by atoms with E-state index < -0.39 is 0 Å². The normalized spacial score (nSPS) is 14.1. The van der Waals surface area contributed by atoms with Gasteiger partial charge in [-0.05, 0) is 36.8 Å². The largest absolute Gasteiger partial charge is 0.492 e. The lowest BCUT2D eigenvalue weighted by Crippen LogP contribution is -1.88. The Labute approximate surface area is 143 Å². The molecule has 2 aromatic carbocycles. The van der Waals surface area contributed by atoms with Crippen molar-refractivity contribution >= 4 is 45.7 Å². The number of benzene rings is 2. The van der Waals surface area contributed by atoms with E-state index in [1.54, 1.807) is 0 Å². The summed E-state index contributed by atoms with van der Waals surface area (Å²) in [4.78, 5) is 9.30. The summed E-state index contributed by atoms with van der Waals surface area (Å²) in [5, 5.41) is 14.0. The Balaban J connectivity index is 1.63. The molecule has 1 aliphatic heterocycles. The lowest BCUT2D eigenvalue weighted by atomic mass is 10.1. The second kappa shape index (κ2) is 5.94. The van der Waals surface area contributed by atoms with E-state index in [1.807, 2.05) is 67.7 Å². The van der Waals surface area contributed by atoms with E-state index in [1.165, 1.54) is 16.9 Å². The Morgan fingerprint density at radius 1 is 1.12 bits per heavy atom. The first-order valence-corrected chi connectivity index (χ1v) is 8.39. The fraction of sp³-hybridized carbons (Fsp3) is 0.0526. The van der Waals surface area contributed by atoms with E-state index in [2.05, 4.69) is 15.3 Å². The monoisotopic (exact) mass is 333 g/mol. The van der Waals surface area contributed by atoms with Crippen molar-refractivity contribution in [2.75, 3.05) is 5.32 Å². The summed E-state index contributed by atoms with van der Waals surface area (Å²) < 4.78 is 0. The third-order valence-corrected chi connectivity index (χ3v) is 4.66. The van der Waals surface area contributed by atoms with E-state index in [9.17, 15) is 5.11 Å². The van der Waals surface area contributed by atoms with E-state index in [-0.39, 0.29) is 5.88 Å². The summed E-state index contributed by atoms with van der Waals surface area (Å²) in [6.45, 7) is 2.04. The van der Waals surface area contributed by atoms with E-state index in [4.69, 9.17) is 0 Å². The predicted octanol–water partition coefficient (Wildman–Crippen LogP) is 5.16. The highest BCUT2D eigenvalue weighted by Gasteiger charge is 2.14. The highest BCUT2D eigenvalue weighted by molar-refractivity contribution is 7.16. The number of aliphatic imine (C=N–C) groups is 1. The van der Waals surface area contributed by atoms with Gasteiger partial charge in [-0.3, -0.25) is 4.99 Å². The first-order valence-electron chi connectivity index (χ1n) is 7.58. The van der Waals surface area contributed by atoms with Crippen molar-refractivity contribution in [2.45, 2.75) is 6.92 Å². The summed E-state index contributed by atoms with van der Waals surface area (Å²) in [6.07, 6.45) is 3.74. The van der Waals surface area contributed by atoms with Crippen LogP contribution < -0.4 is 5.32 Å². The average molecular weight is 333 g/mol. The molecule has 5 heteroatoms. The molecule has 0 saturated heterocycles. The van der Waals surface area contributed by atoms with Crippen LogP contribution in [0.3, 0.4) is 0 Å². The fourth-order valence-corrected chi connectivity index (χ4v) is 3.45. The third-order valence-electron chi connectivity index (χ3n) is 3.75. The van der Waals surface area contributed by atoms with Crippen molar-refractivity contribution in [1.82, 2.24) is 4.98 Å². The minimum Gasteiger partial charge on any atom is -0.492 e. The Hall–Kier alpha value is -2.92. The third kappa shape index (κ3) is 2.81. The molecule has 0 amide bonds. The Bertz CT molecular complexity index is 972. The molecule has 118 valence electrons. The molecule has 2 N–H and O–H groups in total. The number of allylic oxidation sites excluding steroid dienone is 1. The highest BCUT2D eigenvalue weighted by atomic mass is 32.1. The van der Waals surface area contributed by atoms with Crippen molar-refractivity contribution < 1.29 is 5.11 Å². The van der Waals surface area contributed by atoms with Crippen molar-refractivity contribution in [3.05, 3.63) is 64.5 Å². The molecule has 0 fully saturated rings. The van der Waals surface area contributed by atoms with Crippen LogP contribution in [0.2, 0.25) is 0 Å². The summed E-state index contributed by atoms with van der Waals surface area (Å²) in [7, 11) is 0. The number of aryl methyl sites for hydroxylation is 1. The van der Waals surface area contributed by atoms with Gasteiger partial charge in [-0.25, -0.2) is 0 Å². The maximum Gasteiger partial charge on any atom is 0.231 e. The number of anilines is 2. The number of aromatic hydroxyl groups is 1. The number of nitrogens with zero attached hydrogens (tertiary/aromatic N) is 2. The van der Waals surface area contributed by atoms with Crippen molar-refractivity contribution in [2.24, 2.45) is 4.99 Å². The Morgan fingerprint density at radius 3 is 2.88 bits per heavy atom. The second-order valence-corrected chi connectivity index (χ2v) is 6.61. The Morgan fingerprint density at radius 2 is 2.00 bits per heavy atom. The first-order chi connectivity index (χ1) is 11.7. The molecule has 0 spiro atoms. The molecule has 0 aliphatic carbocycles. The van der Waals surface area contributed by atoms with Crippen molar-refractivity contribution in [3.8, 4) is 5.88 Å². The maximum absolute atomic E-state index is 10.1. The van der Waals surface area contributed by atoms with Gasteiger partial charge in [-0.2, -0.15) is 4.98 Å². The van der Waals surface area contributed by atoms with Crippen LogP contribution in [-0.4, -0.2) is 16.3 Å². The highest BCUT2D eigenvalue weighted by Crippen LogP contribution is 2.37. The van der Waals surface area contributed by atoms with Crippen molar-refractivity contribution in [3.63, 3.8) is 0 Å². The van der Waals surface area contributed by atoms with Crippen LogP contribution in [-0.2, 0) is 0 Å². The van der Waals surface area contributed by atoms with E-state index in [0.717, 1.165) is 22.5 Å². The molecule has 0 atom stereocenters. The van der Waals surface area contributed by atoms with E-state index >= 15 is 0 Å². The zero-order valence-electron chi connectivity index (χ0n) is 13.0. The van der Waals surface area contributed by atoms with Crippen molar-refractivity contribution in [1.29, 1.82) is 0 Å². The molecular formula is C19H15N3OS. The fourth-order valence-electron chi connectivity index (χ4n) is 2.61. The van der Waals surface area contributed by atoms with Crippen LogP contribution in [0, 0.1) is 6.92 Å². The molecule has 0 unspecified atom stereocenters. The number of fused-ring (bicyclic) bond motifs is 1. The number of hydrogen-bond acceptors (Lipinski definition) is 5. The van der Waals surface area contributed by atoms with Gasteiger partial charge >= 0.3 is 0 Å². The van der Waals surface area contributed by atoms with Gasteiger partial charge < -0.3 is 10.4 Å². The number of hydrogen-bond donors (Lipinski definition) is 2. The molecule has 0 bridgehead atoms. The molecule has 1 aromatic heterocycles. The van der Waals surface area contributed by atoms with Gasteiger partial charge in [0.2, 0.25) is 5.88 Å². The van der Waals surface area contributed by atoms with Crippen LogP contribution in [0.1, 0.15) is 16.0 Å². The molecule has 0 saturated carbocycles. The number of para-hydroxylation sites is 1. The van der Waals surface area contributed by atoms with Gasteiger partial charge in [0.15, 0.2) is 5.13 Å². The molecule has 24 heavy (non-hydrogen) atoms. The number of rotatable bonds is 3. The minimum atomic E-state index is 0.0282. The predicted molar refractivity (Wildman–Crippen MR) is 101 cm³/mol. The molecule has 0 radical (unpaired) electrons. The van der Waals surface area contributed by atoms with Crippen LogP contribution in [0.25, 0.3) is 11.6 Å². The lowest BCUT2D eigenvalue weighted by Gasteiger charge is -2.02. The summed E-state index contributed by atoms with van der Waals surface area (Å²) in [5.41, 5.74) is 5.12. The quantitative estimate of drug-likeness (QED) is 0.696. The van der Waals surface area contributed by atoms with Gasteiger partial charge in [0.25, 0.3) is 0 Å². The topological polar surface area (TPSA) is 57.5 Å². The number of thiazole rings is 1. The van der Waals surface area contributed by atoms with Gasteiger partial charge in [-0.15, -0.1) is 0 Å². The van der Waals surface area contributed by atoms with Gasteiger partial charge in [0, 0.05) is 23.0 Å². The molecular weight excluding hydrogens is 318 g/mol. The summed E-state index contributed by atoms with van der Waals surface area (Å²) >= 11 is 1.41. The molecule has 3 aromatic rings. The molecule has 4 nitrogen and oxygen atoms in total. The van der Waals surface area contributed by atoms with Crippen LogP contribution >= 0.6 is 11.3 Å². The first kappa shape index (κ1) is 14.7. The van der Waals surface area contributed by atoms with E-state index in [0.29, 0.717) is 10.0 Å². The minimum absolute atomic E-state index is 0.0282. The van der Waals surface area contributed by atoms with Gasteiger partial charge in [0.05, 0.1) is 10.6 Å². The molecule has 2 heterocycles.